The molecule has 0 bridgehead atoms. The van der Waals surface area contributed by atoms with Gasteiger partial charge in [-0.15, -0.1) is 11.3 Å². The van der Waals surface area contributed by atoms with E-state index in [0.29, 0.717) is 5.56 Å². The number of aromatic nitrogens is 2. The van der Waals surface area contributed by atoms with Crippen molar-refractivity contribution in [3.05, 3.63) is 46.6 Å². The second-order valence-corrected chi connectivity index (χ2v) is 6.54. The Morgan fingerprint density at radius 3 is 3.09 bits per heavy atom. The Hall–Kier alpha value is -2.47. The van der Waals surface area contributed by atoms with E-state index < -0.39 is 0 Å². The lowest BCUT2D eigenvalue weighted by Gasteiger charge is -2.09. The van der Waals surface area contributed by atoms with Gasteiger partial charge >= 0.3 is 5.97 Å². The Kier molecular flexibility index (Phi) is 3.46. The molecule has 5 nitrogen and oxygen atoms in total. The van der Waals surface area contributed by atoms with Gasteiger partial charge in [-0.3, -0.25) is 0 Å². The molecule has 1 N–H and O–H groups in total. The van der Waals surface area contributed by atoms with E-state index in [1.807, 2.05) is 12.1 Å². The third kappa shape index (κ3) is 2.45. The van der Waals surface area contributed by atoms with E-state index in [0.717, 1.165) is 34.6 Å². The largest absolute Gasteiger partial charge is 0.465 e. The number of ether oxygens (including phenoxy) is 1. The maximum Gasteiger partial charge on any atom is 0.337 e. The zero-order valence-corrected chi connectivity index (χ0v) is 13.4. The van der Waals surface area contributed by atoms with E-state index in [9.17, 15) is 4.79 Å². The van der Waals surface area contributed by atoms with Gasteiger partial charge < -0.3 is 10.1 Å². The molecular formula is C17H15N3O2S. The zero-order valence-electron chi connectivity index (χ0n) is 12.6. The van der Waals surface area contributed by atoms with E-state index >= 15 is 0 Å². The number of rotatable bonds is 3. The summed E-state index contributed by atoms with van der Waals surface area (Å²) in [5.41, 5.74) is 2.70. The predicted octanol–water partition coefficient (Wildman–Crippen LogP) is 3.71. The first-order chi connectivity index (χ1) is 11.3. The summed E-state index contributed by atoms with van der Waals surface area (Å²) >= 11 is 1.76. The average Bonchev–Trinajstić information content (AvgIpc) is 3.15. The number of esters is 1. The van der Waals surface area contributed by atoms with Crippen molar-refractivity contribution in [1.82, 2.24) is 9.97 Å². The quantitative estimate of drug-likeness (QED) is 0.744. The number of hydrogen-bond donors (Lipinski definition) is 1. The fraction of sp³-hybridized carbons (Fsp3) is 0.235. The molecule has 0 saturated heterocycles. The molecule has 2 aromatic heterocycles. The molecule has 23 heavy (non-hydrogen) atoms. The molecule has 0 saturated carbocycles. The Balaban J connectivity index is 1.75. The van der Waals surface area contributed by atoms with Gasteiger partial charge in [-0.2, -0.15) is 0 Å². The molecule has 6 heteroatoms. The molecule has 4 rings (SSSR count). The molecule has 0 amide bonds. The van der Waals surface area contributed by atoms with E-state index in [-0.39, 0.29) is 5.97 Å². The molecule has 0 fully saturated rings. The van der Waals surface area contributed by atoms with Crippen LogP contribution in [0.2, 0.25) is 0 Å². The Labute approximate surface area is 137 Å². The molecule has 1 aromatic carbocycles. The second kappa shape index (κ2) is 5.62. The number of nitrogens with zero attached hydrogens (tertiary/aromatic N) is 2. The number of fused-ring (bicyclic) bond motifs is 3. The van der Waals surface area contributed by atoms with Gasteiger partial charge in [0.15, 0.2) is 0 Å². The van der Waals surface area contributed by atoms with Gasteiger partial charge in [0, 0.05) is 10.6 Å². The summed E-state index contributed by atoms with van der Waals surface area (Å²) in [5, 5.41) is 4.45. The monoisotopic (exact) mass is 325 g/mol. The normalized spacial score (nSPS) is 13.1. The lowest BCUT2D eigenvalue weighted by molar-refractivity contribution is 0.0601. The lowest BCUT2D eigenvalue weighted by atomic mass is 10.1. The van der Waals surface area contributed by atoms with Gasteiger partial charge in [-0.05, 0) is 43.0 Å². The van der Waals surface area contributed by atoms with E-state index in [4.69, 9.17) is 4.74 Å². The minimum atomic E-state index is -0.349. The van der Waals surface area contributed by atoms with Crippen LogP contribution in [-0.2, 0) is 17.6 Å². The van der Waals surface area contributed by atoms with Gasteiger partial charge in [0.2, 0.25) is 0 Å². The zero-order chi connectivity index (χ0) is 15.8. The van der Waals surface area contributed by atoms with Crippen LogP contribution >= 0.6 is 11.3 Å². The van der Waals surface area contributed by atoms with Gasteiger partial charge in [0.1, 0.15) is 17.0 Å². The molecule has 0 unspecified atom stereocenters. The van der Waals surface area contributed by atoms with Crippen molar-refractivity contribution in [1.29, 1.82) is 0 Å². The number of carbonyl (C=O) groups is 1. The third-order valence-electron chi connectivity index (χ3n) is 4.05. The van der Waals surface area contributed by atoms with Crippen LogP contribution in [-0.4, -0.2) is 23.0 Å². The summed E-state index contributed by atoms with van der Waals surface area (Å²) in [6, 6.07) is 7.24. The molecule has 0 atom stereocenters. The lowest BCUT2D eigenvalue weighted by Crippen LogP contribution is -2.02. The third-order valence-corrected chi connectivity index (χ3v) is 5.25. The number of carbonyl (C=O) groups excluding carboxylic acids is 1. The first-order valence-corrected chi connectivity index (χ1v) is 8.28. The Morgan fingerprint density at radius 2 is 2.22 bits per heavy atom. The maximum atomic E-state index is 11.7. The molecular weight excluding hydrogens is 310 g/mol. The second-order valence-electron chi connectivity index (χ2n) is 5.46. The van der Waals surface area contributed by atoms with Crippen molar-refractivity contribution in [3.63, 3.8) is 0 Å². The standard InChI is InChI=1S/C17H15N3O2S/c1-22-17(21)10-4-2-5-11(8-10)20-15-14-12-6-3-7-13(12)23-16(14)19-9-18-15/h2,4-5,8-9H,3,6-7H2,1H3,(H,18,19,20). The summed E-state index contributed by atoms with van der Waals surface area (Å²) < 4.78 is 4.77. The van der Waals surface area contributed by atoms with Crippen molar-refractivity contribution in [2.75, 3.05) is 12.4 Å². The number of anilines is 2. The van der Waals surface area contributed by atoms with Crippen LogP contribution in [0.5, 0.6) is 0 Å². The minimum absolute atomic E-state index is 0.349. The number of hydrogen-bond acceptors (Lipinski definition) is 6. The number of thiophene rings is 1. The van der Waals surface area contributed by atoms with Gasteiger partial charge in [0.25, 0.3) is 0 Å². The number of nitrogens with one attached hydrogen (secondary N) is 1. The molecule has 2 heterocycles. The van der Waals surface area contributed by atoms with Gasteiger partial charge in [-0.1, -0.05) is 6.07 Å². The van der Waals surface area contributed by atoms with Crippen molar-refractivity contribution in [3.8, 4) is 0 Å². The smallest absolute Gasteiger partial charge is 0.337 e. The van der Waals surface area contributed by atoms with Gasteiger partial charge in [-0.25, -0.2) is 14.8 Å². The fourth-order valence-electron chi connectivity index (χ4n) is 3.00. The summed E-state index contributed by atoms with van der Waals surface area (Å²) in [4.78, 5) is 22.9. The van der Waals surface area contributed by atoms with Crippen molar-refractivity contribution >= 4 is 39.0 Å². The number of benzene rings is 1. The summed E-state index contributed by atoms with van der Waals surface area (Å²) in [7, 11) is 1.38. The minimum Gasteiger partial charge on any atom is -0.465 e. The number of methoxy groups -OCH3 is 1. The van der Waals surface area contributed by atoms with E-state index in [1.54, 1.807) is 29.8 Å². The molecule has 1 aliphatic rings. The van der Waals surface area contributed by atoms with Crippen LogP contribution in [0.25, 0.3) is 10.2 Å². The Bertz CT molecular complexity index is 904. The summed E-state index contributed by atoms with van der Waals surface area (Å²) in [6.07, 6.45) is 5.00. The SMILES string of the molecule is COC(=O)c1cccc(Nc2ncnc3sc4c(c23)CCC4)c1. The highest BCUT2D eigenvalue weighted by Crippen LogP contribution is 2.39. The van der Waals surface area contributed by atoms with E-state index in [2.05, 4.69) is 15.3 Å². The Morgan fingerprint density at radius 1 is 1.30 bits per heavy atom. The van der Waals surface area contributed by atoms with Gasteiger partial charge in [0.05, 0.1) is 18.1 Å². The van der Waals surface area contributed by atoms with Crippen LogP contribution in [0.3, 0.4) is 0 Å². The van der Waals surface area contributed by atoms with E-state index in [1.165, 1.54) is 24.0 Å². The predicted molar refractivity (Wildman–Crippen MR) is 90.5 cm³/mol. The van der Waals surface area contributed by atoms with Crippen molar-refractivity contribution in [2.24, 2.45) is 0 Å². The summed E-state index contributed by atoms with van der Waals surface area (Å²) in [5.74, 6) is 0.453. The highest BCUT2D eigenvalue weighted by molar-refractivity contribution is 7.19. The van der Waals surface area contributed by atoms with Crippen LogP contribution in [0.1, 0.15) is 27.2 Å². The van der Waals surface area contributed by atoms with Crippen molar-refractivity contribution < 1.29 is 9.53 Å². The maximum absolute atomic E-state index is 11.7. The fourth-order valence-corrected chi connectivity index (χ4v) is 4.23. The van der Waals surface area contributed by atoms with Crippen LogP contribution in [0.4, 0.5) is 11.5 Å². The molecule has 0 aliphatic heterocycles. The van der Waals surface area contributed by atoms with Crippen molar-refractivity contribution in [2.45, 2.75) is 19.3 Å². The van der Waals surface area contributed by atoms with Crippen LogP contribution in [0.15, 0.2) is 30.6 Å². The summed E-state index contributed by atoms with van der Waals surface area (Å²) in [6.45, 7) is 0. The molecule has 116 valence electrons. The topological polar surface area (TPSA) is 64.1 Å². The van der Waals surface area contributed by atoms with Crippen LogP contribution < -0.4 is 5.32 Å². The average molecular weight is 325 g/mol. The number of aryl methyl sites for hydroxylation is 2. The highest BCUT2D eigenvalue weighted by Gasteiger charge is 2.21. The highest BCUT2D eigenvalue weighted by atomic mass is 32.1. The van der Waals surface area contributed by atoms with Crippen LogP contribution in [0, 0.1) is 0 Å². The molecule has 1 aliphatic carbocycles. The first kappa shape index (κ1) is 14.1. The molecule has 0 spiro atoms. The first-order valence-electron chi connectivity index (χ1n) is 7.47. The molecule has 0 radical (unpaired) electrons. The molecule has 3 aromatic rings.